The van der Waals surface area contributed by atoms with Gasteiger partial charge in [-0.3, -0.25) is 14.9 Å². The van der Waals surface area contributed by atoms with Crippen molar-refractivity contribution < 1.29 is 22.3 Å². The van der Waals surface area contributed by atoms with Crippen molar-refractivity contribution >= 4 is 27.7 Å². The van der Waals surface area contributed by atoms with Crippen LogP contribution in [0, 0.1) is 17.0 Å². The first-order valence-corrected chi connectivity index (χ1v) is 10.2. The first-order chi connectivity index (χ1) is 14.3. The zero-order chi connectivity index (χ0) is 21.7. The number of nitrogens with zero attached hydrogens (tertiary/aromatic N) is 1. The van der Waals surface area contributed by atoms with Gasteiger partial charge in [-0.1, -0.05) is 35.9 Å². The number of rotatable bonds is 7. The molecule has 0 aliphatic rings. The topological polar surface area (TPSA) is 104 Å². The molecule has 0 radical (unpaired) electrons. The van der Waals surface area contributed by atoms with Crippen molar-refractivity contribution in [1.82, 2.24) is 0 Å². The van der Waals surface area contributed by atoms with Gasteiger partial charge in [-0.2, -0.15) is 8.42 Å². The summed E-state index contributed by atoms with van der Waals surface area (Å²) in [4.78, 5) is 22.8. The molecule has 0 N–H and O–H groups in total. The maximum Gasteiger partial charge on any atom is 0.339 e. The molecule has 8 heteroatoms. The molecule has 3 aromatic rings. The average Bonchev–Trinajstić information content (AvgIpc) is 2.72. The van der Waals surface area contributed by atoms with Crippen LogP contribution >= 0.6 is 0 Å². The second-order valence-corrected chi connectivity index (χ2v) is 7.94. The van der Waals surface area contributed by atoms with Crippen molar-refractivity contribution in [1.29, 1.82) is 0 Å². The second kappa shape index (κ2) is 8.71. The average molecular weight is 423 g/mol. The van der Waals surface area contributed by atoms with E-state index in [2.05, 4.69) is 0 Å². The minimum Gasteiger partial charge on any atom is -0.378 e. The number of nitro groups is 1. The van der Waals surface area contributed by atoms with Gasteiger partial charge in [0.1, 0.15) is 4.90 Å². The maximum absolute atomic E-state index is 12.6. The number of ketones is 1. The van der Waals surface area contributed by atoms with Crippen LogP contribution in [0.3, 0.4) is 0 Å². The van der Waals surface area contributed by atoms with Crippen molar-refractivity contribution in [2.24, 2.45) is 0 Å². The van der Waals surface area contributed by atoms with Crippen LogP contribution in [-0.4, -0.2) is 19.1 Å². The van der Waals surface area contributed by atoms with Gasteiger partial charge >= 0.3 is 10.1 Å². The lowest BCUT2D eigenvalue weighted by molar-refractivity contribution is -0.384. The summed E-state index contributed by atoms with van der Waals surface area (Å²) in [6.07, 6.45) is 2.74. The van der Waals surface area contributed by atoms with Crippen LogP contribution in [0.5, 0.6) is 5.75 Å². The highest BCUT2D eigenvalue weighted by atomic mass is 32.2. The maximum atomic E-state index is 12.6. The molecule has 0 heterocycles. The Morgan fingerprint density at radius 3 is 2.23 bits per heavy atom. The Hall–Kier alpha value is -3.78. The molecule has 0 atom stereocenters. The summed E-state index contributed by atoms with van der Waals surface area (Å²) in [5.74, 6) is -0.556. The normalized spacial score (nSPS) is 11.4. The van der Waals surface area contributed by atoms with Crippen molar-refractivity contribution in [3.8, 4) is 5.75 Å². The lowest BCUT2D eigenvalue weighted by Gasteiger charge is -2.10. The number of allylic oxidation sites excluding steroid dienone is 1. The van der Waals surface area contributed by atoms with Crippen LogP contribution in [-0.2, 0) is 10.1 Å². The van der Waals surface area contributed by atoms with E-state index in [1.165, 1.54) is 60.7 Å². The second-order valence-electron chi connectivity index (χ2n) is 6.39. The van der Waals surface area contributed by atoms with E-state index in [0.29, 0.717) is 5.56 Å². The van der Waals surface area contributed by atoms with E-state index in [0.717, 1.165) is 5.56 Å². The predicted molar refractivity (Wildman–Crippen MR) is 112 cm³/mol. The molecule has 0 aliphatic carbocycles. The van der Waals surface area contributed by atoms with Crippen molar-refractivity contribution in [3.05, 3.63) is 106 Å². The number of hydrogen-bond donors (Lipinski definition) is 0. The van der Waals surface area contributed by atoms with E-state index in [9.17, 15) is 23.3 Å². The summed E-state index contributed by atoms with van der Waals surface area (Å²) >= 11 is 0. The zero-order valence-corrected chi connectivity index (χ0v) is 16.7. The molecule has 0 aliphatic heterocycles. The minimum absolute atomic E-state index is 0.0169. The van der Waals surface area contributed by atoms with Gasteiger partial charge in [0, 0.05) is 12.1 Å². The van der Waals surface area contributed by atoms with Crippen LogP contribution in [0.1, 0.15) is 21.5 Å². The standard InChI is InChI=1S/C22H17NO6S/c1-16-6-13-19(14-7-16)30(27,28)29-22-5-3-2-4-20(22)21(24)15-10-17-8-11-18(12-9-17)23(25)26/h2-15H,1H3. The Kier molecular flexibility index (Phi) is 6.08. The first-order valence-electron chi connectivity index (χ1n) is 8.83. The third kappa shape index (κ3) is 4.98. The fourth-order valence-corrected chi connectivity index (χ4v) is 3.53. The molecule has 3 aromatic carbocycles. The van der Waals surface area contributed by atoms with E-state index in [-0.39, 0.29) is 21.9 Å². The van der Waals surface area contributed by atoms with Crippen LogP contribution in [0.15, 0.2) is 83.8 Å². The highest BCUT2D eigenvalue weighted by Gasteiger charge is 2.20. The van der Waals surface area contributed by atoms with Gasteiger partial charge in [0.15, 0.2) is 11.5 Å². The molecule has 30 heavy (non-hydrogen) atoms. The van der Waals surface area contributed by atoms with Gasteiger partial charge < -0.3 is 4.18 Å². The molecule has 0 spiro atoms. The van der Waals surface area contributed by atoms with Crippen LogP contribution < -0.4 is 4.18 Å². The van der Waals surface area contributed by atoms with Crippen LogP contribution in [0.25, 0.3) is 6.08 Å². The fraction of sp³-hybridized carbons (Fsp3) is 0.0455. The first kappa shape index (κ1) is 20.9. The smallest absolute Gasteiger partial charge is 0.339 e. The van der Waals surface area contributed by atoms with Crippen LogP contribution in [0.2, 0.25) is 0 Å². The molecule has 3 rings (SSSR count). The highest BCUT2D eigenvalue weighted by Crippen LogP contribution is 2.24. The summed E-state index contributed by atoms with van der Waals surface area (Å²) in [7, 11) is -4.11. The van der Waals surface area contributed by atoms with Crippen molar-refractivity contribution in [2.45, 2.75) is 11.8 Å². The molecule has 0 amide bonds. The Morgan fingerprint density at radius 1 is 0.967 bits per heavy atom. The Labute approximate surface area is 173 Å². The number of para-hydroxylation sites is 1. The number of hydrogen-bond acceptors (Lipinski definition) is 6. The molecular weight excluding hydrogens is 406 g/mol. The Balaban J connectivity index is 1.82. The van der Waals surface area contributed by atoms with Gasteiger partial charge in [0.2, 0.25) is 0 Å². The van der Waals surface area contributed by atoms with E-state index < -0.39 is 20.8 Å². The minimum atomic E-state index is -4.11. The molecule has 0 fully saturated rings. The van der Waals surface area contributed by atoms with Crippen molar-refractivity contribution in [3.63, 3.8) is 0 Å². The van der Waals surface area contributed by atoms with Gasteiger partial charge in [0.25, 0.3) is 5.69 Å². The molecule has 0 saturated heterocycles. The molecular formula is C22H17NO6S. The van der Waals surface area contributed by atoms with E-state index in [4.69, 9.17) is 4.18 Å². The number of benzene rings is 3. The summed E-state index contributed by atoms with van der Waals surface area (Å²) < 4.78 is 30.3. The molecule has 7 nitrogen and oxygen atoms in total. The number of carbonyl (C=O) groups excluding carboxylic acids is 1. The Morgan fingerprint density at radius 2 is 1.60 bits per heavy atom. The SMILES string of the molecule is Cc1ccc(S(=O)(=O)Oc2ccccc2C(=O)C=Cc2ccc([N+](=O)[O-])cc2)cc1. The number of aryl methyl sites for hydroxylation is 1. The number of nitro benzene ring substituents is 1. The lowest BCUT2D eigenvalue weighted by atomic mass is 10.1. The molecule has 0 unspecified atom stereocenters. The van der Waals surface area contributed by atoms with Gasteiger partial charge in [-0.05, 0) is 55.0 Å². The monoisotopic (exact) mass is 423 g/mol. The van der Waals surface area contributed by atoms with Gasteiger partial charge in [-0.15, -0.1) is 0 Å². The summed E-state index contributed by atoms with van der Waals surface area (Å²) in [5, 5.41) is 10.7. The largest absolute Gasteiger partial charge is 0.378 e. The van der Waals surface area contributed by atoms with Gasteiger partial charge in [-0.25, -0.2) is 0 Å². The molecule has 0 saturated carbocycles. The molecule has 0 bridgehead atoms. The van der Waals surface area contributed by atoms with Gasteiger partial charge in [0.05, 0.1) is 10.5 Å². The van der Waals surface area contributed by atoms with E-state index in [1.54, 1.807) is 24.3 Å². The number of carbonyl (C=O) groups is 1. The lowest BCUT2D eigenvalue weighted by Crippen LogP contribution is -2.12. The summed E-state index contributed by atoms with van der Waals surface area (Å²) in [6.45, 7) is 1.84. The van der Waals surface area contributed by atoms with Crippen LogP contribution in [0.4, 0.5) is 5.69 Å². The molecule has 152 valence electrons. The summed E-state index contributed by atoms with van der Waals surface area (Å²) in [5.41, 5.74) is 1.51. The molecule has 0 aromatic heterocycles. The zero-order valence-electron chi connectivity index (χ0n) is 15.9. The third-order valence-electron chi connectivity index (χ3n) is 4.19. The quantitative estimate of drug-likeness (QED) is 0.181. The van der Waals surface area contributed by atoms with E-state index in [1.807, 2.05) is 6.92 Å². The van der Waals surface area contributed by atoms with E-state index >= 15 is 0 Å². The highest BCUT2D eigenvalue weighted by molar-refractivity contribution is 7.87. The number of non-ortho nitro benzene ring substituents is 1. The fourth-order valence-electron chi connectivity index (χ4n) is 2.58. The summed E-state index contributed by atoms with van der Waals surface area (Å²) in [6, 6.07) is 17.9. The predicted octanol–water partition coefficient (Wildman–Crippen LogP) is 4.57. The Bertz CT molecular complexity index is 1210. The van der Waals surface area contributed by atoms with Crippen molar-refractivity contribution in [2.75, 3.05) is 0 Å². The third-order valence-corrected chi connectivity index (χ3v) is 5.44.